The van der Waals surface area contributed by atoms with Crippen LogP contribution >= 0.6 is 0 Å². The van der Waals surface area contributed by atoms with E-state index in [1.807, 2.05) is 13.8 Å². The highest BCUT2D eigenvalue weighted by Gasteiger charge is 2.23. The summed E-state index contributed by atoms with van der Waals surface area (Å²) in [6, 6.07) is -0.126. The molecule has 1 aromatic heterocycles. The molecule has 1 atom stereocenters. The lowest BCUT2D eigenvalue weighted by Crippen LogP contribution is -2.39. The van der Waals surface area contributed by atoms with Gasteiger partial charge in [-0.1, -0.05) is 6.92 Å². The predicted molar refractivity (Wildman–Crippen MR) is 70.3 cm³/mol. The standard InChI is InChI=1S/C13H20N4O2/c1-3-10(13-14-7-9(2)15-13)16-11(18)8-17-6-4-5-12(17)19/h7,10H,3-6,8H2,1-2H3,(H,14,15)(H,16,18)/t10-/m0/s1. The molecule has 0 spiro atoms. The number of aromatic nitrogens is 2. The first-order valence-electron chi connectivity index (χ1n) is 6.68. The molecule has 2 rings (SSSR count). The largest absolute Gasteiger partial charge is 0.345 e. The average Bonchev–Trinajstić information content (AvgIpc) is 2.96. The fourth-order valence-corrected chi connectivity index (χ4v) is 2.26. The first kappa shape index (κ1) is 13.6. The Morgan fingerprint density at radius 3 is 2.95 bits per heavy atom. The van der Waals surface area contributed by atoms with Gasteiger partial charge in [-0.15, -0.1) is 0 Å². The first-order chi connectivity index (χ1) is 9.10. The number of imidazole rings is 1. The number of hydrogen-bond acceptors (Lipinski definition) is 3. The molecule has 19 heavy (non-hydrogen) atoms. The maximum atomic E-state index is 11.9. The van der Waals surface area contributed by atoms with Crippen LogP contribution in [0.15, 0.2) is 6.20 Å². The van der Waals surface area contributed by atoms with Crippen molar-refractivity contribution in [2.75, 3.05) is 13.1 Å². The number of nitrogens with zero attached hydrogens (tertiary/aromatic N) is 2. The number of aromatic amines is 1. The molecule has 6 nitrogen and oxygen atoms in total. The highest BCUT2D eigenvalue weighted by atomic mass is 16.2. The van der Waals surface area contributed by atoms with Gasteiger partial charge in [0, 0.05) is 24.9 Å². The number of aryl methyl sites for hydroxylation is 1. The molecule has 6 heteroatoms. The molecule has 1 aliphatic heterocycles. The molecule has 1 saturated heterocycles. The van der Waals surface area contributed by atoms with Crippen LogP contribution in [-0.4, -0.2) is 39.8 Å². The van der Waals surface area contributed by atoms with Gasteiger partial charge in [0.15, 0.2) is 0 Å². The summed E-state index contributed by atoms with van der Waals surface area (Å²) in [5.41, 5.74) is 0.970. The maximum absolute atomic E-state index is 11.9. The van der Waals surface area contributed by atoms with Crippen LogP contribution in [0.25, 0.3) is 0 Å². The van der Waals surface area contributed by atoms with Crippen molar-refractivity contribution in [2.24, 2.45) is 0 Å². The van der Waals surface area contributed by atoms with Crippen molar-refractivity contribution >= 4 is 11.8 Å². The van der Waals surface area contributed by atoms with Crippen LogP contribution in [0.4, 0.5) is 0 Å². The van der Waals surface area contributed by atoms with E-state index in [1.54, 1.807) is 11.1 Å². The lowest BCUT2D eigenvalue weighted by molar-refractivity contribution is -0.133. The second-order valence-corrected chi connectivity index (χ2v) is 4.90. The Morgan fingerprint density at radius 1 is 1.63 bits per heavy atom. The van der Waals surface area contributed by atoms with Crippen LogP contribution < -0.4 is 5.32 Å². The zero-order valence-electron chi connectivity index (χ0n) is 11.4. The summed E-state index contributed by atoms with van der Waals surface area (Å²) in [6.07, 6.45) is 3.91. The van der Waals surface area contributed by atoms with E-state index in [9.17, 15) is 9.59 Å². The summed E-state index contributed by atoms with van der Waals surface area (Å²) in [7, 11) is 0. The average molecular weight is 264 g/mol. The molecule has 2 heterocycles. The van der Waals surface area contributed by atoms with Crippen molar-refractivity contribution in [2.45, 2.75) is 39.2 Å². The molecule has 2 amide bonds. The molecule has 104 valence electrons. The molecule has 0 aliphatic carbocycles. The van der Waals surface area contributed by atoms with Crippen molar-refractivity contribution in [3.8, 4) is 0 Å². The molecule has 1 aliphatic rings. The summed E-state index contributed by atoms with van der Waals surface area (Å²) < 4.78 is 0. The molecule has 0 radical (unpaired) electrons. The number of likely N-dealkylation sites (tertiary alicyclic amines) is 1. The van der Waals surface area contributed by atoms with E-state index in [0.29, 0.717) is 13.0 Å². The minimum absolute atomic E-state index is 0.0667. The first-order valence-corrected chi connectivity index (χ1v) is 6.68. The fourth-order valence-electron chi connectivity index (χ4n) is 2.26. The molecular weight excluding hydrogens is 244 g/mol. The third-order valence-electron chi connectivity index (χ3n) is 3.30. The van der Waals surface area contributed by atoms with Gasteiger partial charge in [0.25, 0.3) is 0 Å². The van der Waals surface area contributed by atoms with Crippen LogP contribution in [0.5, 0.6) is 0 Å². The monoisotopic (exact) mass is 264 g/mol. The third-order valence-corrected chi connectivity index (χ3v) is 3.30. The number of rotatable bonds is 5. The van der Waals surface area contributed by atoms with Gasteiger partial charge in [-0.25, -0.2) is 4.98 Å². The lowest BCUT2D eigenvalue weighted by Gasteiger charge is -2.19. The van der Waals surface area contributed by atoms with E-state index < -0.39 is 0 Å². The van der Waals surface area contributed by atoms with Crippen molar-refractivity contribution in [3.05, 3.63) is 17.7 Å². The van der Waals surface area contributed by atoms with E-state index in [2.05, 4.69) is 15.3 Å². The molecule has 0 saturated carbocycles. The second kappa shape index (κ2) is 5.86. The van der Waals surface area contributed by atoms with Gasteiger partial charge in [0.1, 0.15) is 5.82 Å². The van der Waals surface area contributed by atoms with Crippen LogP contribution in [-0.2, 0) is 9.59 Å². The highest BCUT2D eigenvalue weighted by molar-refractivity contribution is 5.85. The van der Waals surface area contributed by atoms with Gasteiger partial charge in [-0.3, -0.25) is 9.59 Å². The highest BCUT2D eigenvalue weighted by Crippen LogP contribution is 2.13. The van der Waals surface area contributed by atoms with Crippen molar-refractivity contribution in [1.29, 1.82) is 0 Å². The minimum atomic E-state index is -0.129. The van der Waals surface area contributed by atoms with E-state index >= 15 is 0 Å². The van der Waals surface area contributed by atoms with E-state index in [4.69, 9.17) is 0 Å². The number of amides is 2. The van der Waals surface area contributed by atoms with Gasteiger partial charge >= 0.3 is 0 Å². The third kappa shape index (κ3) is 3.33. The summed E-state index contributed by atoms with van der Waals surface area (Å²) >= 11 is 0. The van der Waals surface area contributed by atoms with Crippen molar-refractivity contribution in [3.63, 3.8) is 0 Å². The Morgan fingerprint density at radius 2 is 2.42 bits per heavy atom. The van der Waals surface area contributed by atoms with Gasteiger partial charge in [0.2, 0.25) is 11.8 Å². The Balaban J connectivity index is 1.91. The van der Waals surface area contributed by atoms with E-state index in [0.717, 1.165) is 24.4 Å². The van der Waals surface area contributed by atoms with Crippen LogP contribution in [0.1, 0.15) is 43.7 Å². The Hall–Kier alpha value is -1.85. The molecule has 0 unspecified atom stereocenters. The molecule has 0 aromatic carbocycles. The number of carbonyl (C=O) groups excluding carboxylic acids is 2. The van der Waals surface area contributed by atoms with Crippen LogP contribution in [0.2, 0.25) is 0 Å². The number of nitrogens with one attached hydrogen (secondary N) is 2. The Bertz CT molecular complexity index is 469. The number of hydrogen-bond donors (Lipinski definition) is 2. The topological polar surface area (TPSA) is 78.1 Å². The molecule has 1 aromatic rings. The number of carbonyl (C=O) groups is 2. The zero-order chi connectivity index (χ0) is 13.8. The van der Waals surface area contributed by atoms with E-state index in [1.165, 1.54) is 0 Å². The maximum Gasteiger partial charge on any atom is 0.240 e. The van der Waals surface area contributed by atoms with Gasteiger partial charge in [-0.05, 0) is 19.8 Å². The smallest absolute Gasteiger partial charge is 0.240 e. The van der Waals surface area contributed by atoms with Gasteiger partial charge in [-0.2, -0.15) is 0 Å². The van der Waals surface area contributed by atoms with Gasteiger partial charge < -0.3 is 15.2 Å². The SMILES string of the molecule is CC[C@H](NC(=O)CN1CCCC1=O)c1ncc(C)[nH]1. The van der Waals surface area contributed by atoms with Crippen LogP contribution in [0, 0.1) is 6.92 Å². The molecule has 1 fully saturated rings. The predicted octanol–water partition coefficient (Wildman–Crippen LogP) is 0.908. The van der Waals surface area contributed by atoms with Gasteiger partial charge in [0.05, 0.1) is 12.6 Å². The number of H-pyrrole nitrogens is 1. The normalized spacial score (nSPS) is 16.7. The van der Waals surface area contributed by atoms with Crippen LogP contribution in [0.3, 0.4) is 0 Å². The summed E-state index contributed by atoms with van der Waals surface area (Å²) in [4.78, 5) is 32.4. The Labute approximate surface area is 112 Å². The Kier molecular flexibility index (Phi) is 4.19. The summed E-state index contributed by atoms with van der Waals surface area (Å²) in [6.45, 7) is 4.75. The fraction of sp³-hybridized carbons (Fsp3) is 0.615. The summed E-state index contributed by atoms with van der Waals surface area (Å²) in [5.74, 6) is 0.703. The summed E-state index contributed by atoms with van der Waals surface area (Å²) in [5, 5.41) is 2.92. The molecular formula is C13H20N4O2. The quantitative estimate of drug-likeness (QED) is 0.829. The minimum Gasteiger partial charge on any atom is -0.345 e. The van der Waals surface area contributed by atoms with Crippen molar-refractivity contribution in [1.82, 2.24) is 20.2 Å². The second-order valence-electron chi connectivity index (χ2n) is 4.90. The molecule has 2 N–H and O–H groups in total. The lowest BCUT2D eigenvalue weighted by atomic mass is 10.2. The molecule has 0 bridgehead atoms. The zero-order valence-corrected chi connectivity index (χ0v) is 11.4. The van der Waals surface area contributed by atoms with E-state index in [-0.39, 0.29) is 24.4 Å². The van der Waals surface area contributed by atoms with Crippen molar-refractivity contribution < 1.29 is 9.59 Å².